The first kappa shape index (κ1) is 21.2. The summed E-state index contributed by atoms with van der Waals surface area (Å²) in [5.41, 5.74) is 0.676. The Bertz CT molecular complexity index is 936. The van der Waals surface area contributed by atoms with Gasteiger partial charge in [-0.05, 0) is 30.5 Å². The summed E-state index contributed by atoms with van der Waals surface area (Å²) < 4.78 is 25.3. The van der Waals surface area contributed by atoms with E-state index in [0.29, 0.717) is 5.69 Å². The largest absolute Gasteiger partial charge is 0.323 e. The first-order valence-electron chi connectivity index (χ1n) is 7.18. The number of hydrogen-bond donors (Lipinski definition) is 1. The number of rotatable bonds is 6. The van der Waals surface area contributed by atoms with E-state index in [1.165, 1.54) is 23.9 Å². The van der Waals surface area contributed by atoms with Gasteiger partial charge in [0.25, 0.3) is 0 Å². The minimum absolute atomic E-state index is 0.0714. The van der Waals surface area contributed by atoms with E-state index in [9.17, 15) is 13.2 Å². The zero-order valence-electron chi connectivity index (χ0n) is 13.8. The zero-order valence-corrected chi connectivity index (χ0v) is 17.7. The lowest BCUT2D eigenvalue weighted by Crippen LogP contribution is -2.37. The molecule has 0 aliphatic rings. The molecule has 0 atom stereocenters. The zero-order chi connectivity index (χ0) is 19.5. The Kier molecular flexibility index (Phi) is 7.10. The summed E-state index contributed by atoms with van der Waals surface area (Å²) in [5, 5.41) is 3.10. The predicted octanol–water partition coefficient (Wildman–Crippen LogP) is 4.77. The molecule has 0 fully saturated rings. The second-order valence-electron chi connectivity index (χ2n) is 5.24. The Labute approximate surface area is 171 Å². The van der Waals surface area contributed by atoms with E-state index in [0.717, 1.165) is 15.5 Å². The lowest BCUT2D eigenvalue weighted by atomic mass is 10.3. The number of amides is 1. The smallest absolute Gasteiger partial charge is 0.245 e. The molecule has 0 radical (unpaired) electrons. The van der Waals surface area contributed by atoms with Crippen LogP contribution < -0.4 is 9.62 Å². The lowest BCUT2D eigenvalue weighted by molar-refractivity contribution is -0.114. The normalized spacial score (nSPS) is 11.3. The number of carbonyl (C=O) groups excluding carboxylic acids is 1. The number of nitrogens with zero attached hydrogens (tertiary/aromatic N) is 1. The van der Waals surface area contributed by atoms with Crippen LogP contribution in [0.4, 0.5) is 11.4 Å². The maximum atomic E-state index is 12.4. The van der Waals surface area contributed by atoms with Crippen LogP contribution in [-0.2, 0) is 14.8 Å². The van der Waals surface area contributed by atoms with E-state index in [-0.39, 0.29) is 20.8 Å². The summed E-state index contributed by atoms with van der Waals surface area (Å²) in [4.78, 5) is 13.3. The fourth-order valence-electron chi connectivity index (χ4n) is 2.15. The van der Waals surface area contributed by atoms with E-state index < -0.39 is 22.5 Å². The summed E-state index contributed by atoms with van der Waals surface area (Å²) in [7, 11) is -3.79. The third kappa shape index (κ3) is 5.20. The van der Waals surface area contributed by atoms with E-state index in [2.05, 4.69) is 5.32 Å². The van der Waals surface area contributed by atoms with Crippen LogP contribution in [0.25, 0.3) is 0 Å². The molecule has 2 aromatic rings. The monoisotopic (exact) mass is 452 g/mol. The number of hydrogen-bond acceptors (Lipinski definition) is 4. The van der Waals surface area contributed by atoms with Crippen molar-refractivity contribution < 1.29 is 13.2 Å². The Morgan fingerprint density at radius 2 is 1.73 bits per heavy atom. The fraction of sp³-hybridized carbons (Fsp3) is 0.188. The maximum Gasteiger partial charge on any atom is 0.245 e. The Morgan fingerprint density at radius 1 is 1.12 bits per heavy atom. The number of para-hydroxylation sites is 1. The number of nitrogens with one attached hydrogen (secondary N) is 1. The van der Waals surface area contributed by atoms with Crippen LogP contribution in [0, 0.1) is 0 Å². The van der Waals surface area contributed by atoms with Gasteiger partial charge in [0.2, 0.25) is 15.9 Å². The van der Waals surface area contributed by atoms with Crippen LogP contribution in [0.15, 0.2) is 41.3 Å². The third-order valence-electron chi connectivity index (χ3n) is 3.33. The summed E-state index contributed by atoms with van der Waals surface area (Å²) in [6.07, 6.45) is 2.86. The maximum absolute atomic E-state index is 12.4. The second kappa shape index (κ2) is 8.71. The van der Waals surface area contributed by atoms with E-state index in [1.807, 2.05) is 18.4 Å². The molecule has 1 N–H and O–H groups in total. The van der Waals surface area contributed by atoms with Gasteiger partial charge in [-0.25, -0.2) is 8.42 Å². The van der Waals surface area contributed by atoms with Crippen LogP contribution in [0.1, 0.15) is 0 Å². The molecule has 140 valence electrons. The minimum Gasteiger partial charge on any atom is -0.323 e. The van der Waals surface area contributed by atoms with Crippen molar-refractivity contribution in [3.63, 3.8) is 0 Å². The molecule has 0 aliphatic heterocycles. The van der Waals surface area contributed by atoms with Gasteiger partial charge in [0.15, 0.2) is 0 Å². The van der Waals surface area contributed by atoms with Gasteiger partial charge in [-0.15, -0.1) is 11.8 Å². The van der Waals surface area contributed by atoms with Crippen molar-refractivity contribution in [1.29, 1.82) is 0 Å². The molecule has 26 heavy (non-hydrogen) atoms. The number of carbonyl (C=O) groups is 1. The molecule has 0 saturated carbocycles. The van der Waals surface area contributed by atoms with E-state index in [4.69, 9.17) is 34.8 Å². The first-order valence-corrected chi connectivity index (χ1v) is 11.4. The number of benzene rings is 2. The molecule has 0 saturated heterocycles. The number of anilines is 2. The van der Waals surface area contributed by atoms with Gasteiger partial charge in [0, 0.05) is 4.90 Å². The molecule has 2 rings (SSSR count). The van der Waals surface area contributed by atoms with Crippen molar-refractivity contribution in [1.82, 2.24) is 0 Å². The molecule has 1 amide bonds. The lowest BCUT2D eigenvalue weighted by Gasteiger charge is -2.23. The number of sulfonamides is 1. The highest BCUT2D eigenvalue weighted by molar-refractivity contribution is 7.98. The highest BCUT2D eigenvalue weighted by Gasteiger charge is 2.24. The van der Waals surface area contributed by atoms with Crippen molar-refractivity contribution >= 4 is 73.9 Å². The minimum atomic E-state index is -3.79. The average molecular weight is 454 g/mol. The highest BCUT2D eigenvalue weighted by Crippen LogP contribution is 2.35. The molecule has 0 aliphatic carbocycles. The summed E-state index contributed by atoms with van der Waals surface area (Å²) in [6, 6.07) is 9.86. The van der Waals surface area contributed by atoms with Gasteiger partial charge >= 0.3 is 0 Å². The first-order chi connectivity index (χ1) is 12.1. The van der Waals surface area contributed by atoms with Crippen LogP contribution in [0.2, 0.25) is 15.1 Å². The van der Waals surface area contributed by atoms with Gasteiger partial charge in [-0.2, -0.15) is 0 Å². The number of thioether (sulfide) groups is 1. The van der Waals surface area contributed by atoms with Gasteiger partial charge in [0.05, 0.1) is 32.7 Å². The quantitative estimate of drug-likeness (QED) is 0.505. The van der Waals surface area contributed by atoms with E-state index >= 15 is 0 Å². The van der Waals surface area contributed by atoms with E-state index in [1.54, 1.807) is 12.1 Å². The second-order valence-corrected chi connectivity index (χ2v) is 9.21. The molecular formula is C16H15Cl3N2O3S2. The van der Waals surface area contributed by atoms with Crippen molar-refractivity contribution in [2.45, 2.75) is 4.90 Å². The third-order valence-corrected chi connectivity index (χ3v) is 6.27. The molecule has 0 spiro atoms. The molecular weight excluding hydrogens is 439 g/mol. The summed E-state index contributed by atoms with van der Waals surface area (Å²) in [6.45, 7) is -0.459. The molecule has 0 bridgehead atoms. The van der Waals surface area contributed by atoms with Crippen molar-refractivity contribution in [3.05, 3.63) is 51.5 Å². The van der Waals surface area contributed by atoms with Crippen LogP contribution in [-0.4, -0.2) is 33.4 Å². The van der Waals surface area contributed by atoms with Crippen molar-refractivity contribution in [2.24, 2.45) is 0 Å². The number of halogens is 3. The Balaban J connectivity index is 2.32. The highest BCUT2D eigenvalue weighted by atomic mass is 35.5. The van der Waals surface area contributed by atoms with Gasteiger partial charge in [-0.1, -0.05) is 46.9 Å². The van der Waals surface area contributed by atoms with Crippen molar-refractivity contribution in [2.75, 3.05) is 28.7 Å². The van der Waals surface area contributed by atoms with Crippen LogP contribution in [0.3, 0.4) is 0 Å². The standard InChI is InChI=1S/C16H15Cl3N2O3S2/c1-25-15-6-4-3-5-13(15)20-16(22)9-21(26(2,23)24)14-8-11(18)10(17)7-12(14)19/h3-8H,9H2,1-2H3,(H,20,22). The van der Waals surface area contributed by atoms with Gasteiger partial charge < -0.3 is 5.32 Å². The molecule has 5 nitrogen and oxygen atoms in total. The summed E-state index contributed by atoms with van der Waals surface area (Å²) in [5.74, 6) is -0.515. The summed E-state index contributed by atoms with van der Waals surface area (Å²) >= 11 is 19.4. The van der Waals surface area contributed by atoms with Crippen molar-refractivity contribution in [3.8, 4) is 0 Å². The Hall–Kier alpha value is -1.12. The SMILES string of the molecule is CSc1ccccc1NC(=O)CN(c1cc(Cl)c(Cl)cc1Cl)S(C)(=O)=O. The Morgan fingerprint density at radius 3 is 2.35 bits per heavy atom. The fourth-order valence-corrected chi connectivity index (χ4v) is 4.26. The average Bonchev–Trinajstić information content (AvgIpc) is 2.56. The van der Waals surface area contributed by atoms with Gasteiger partial charge in [-0.3, -0.25) is 9.10 Å². The molecule has 0 heterocycles. The molecule has 2 aromatic carbocycles. The predicted molar refractivity (Wildman–Crippen MR) is 111 cm³/mol. The van der Waals surface area contributed by atoms with Crippen LogP contribution >= 0.6 is 46.6 Å². The van der Waals surface area contributed by atoms with Crippen LogP contribution in [0.5, 0.6) is 0 Å². The topological polar surface area (TPSA) is 66.5 Å². The molecule has 10 heteroatoms. The van der Waals surface area contributed by atoms with Gasteiger partial charge in [0.1, 0.15) is 6.54 Å². The molecule has 0 aromatic heterocycles. The molecule has 0 unspecified atom stereocenters.